The Hall–Kier alpha value is -1.40. The summed E-state index contributed by atoms with van der Waals surface area (Å²) in [6, 6.07) is 6.73. The molecular weight excluding hydrogens is 276 g/mol. The normalized spacial score (nSPS) is 11.3. The number of hydrogen-bond donors (Lipinski definition) is 1. The Morgan fingerprint density at radius 3 is 2.65 bits per heavy atom. The average molecular weight is 298 g/mol. The van der Waals surface area contributed by atoms with Crippen LogP contribution in [-0.4, -0.2) is 45.1 Å². The molecule has 0 fully saturated rings. The minimum absolute atomic E-state index is 0.00263. The summed E-state index contributed by atoms with van der Waals surface area (Å²) in [5.41, 5.74) is 6.26. The van der Waals surface area contributed by atoms with Crippen LogP contribution in [0.5, 0.6) is 0 Å². The summed E-state index contributed by atoms with van der Waals surface area (Å²) in [7, 11) is -1.74. The van der Waals surface area contributed by atoms with Crippen LogP contribution in [0.15, 0.2) is 29.2 Å². The lowest BCUT2D eigenvalue weighted by Crippen LogP contribution is -2.30. The van der Waals surface area contributed by atoms with E-state index in [1.54, 1.807) is 25.2 Å². The fourth-order valence-electron chi connectivity index (χ4n) is 1.79. The molecule has 0 saturated heterocycles. The lowest BCUT2D eigenvalue weighted by Gasteiger charge is -2.16. The maximum absolute atomic E-state index is 12.1. The molecule has 1 aromatic rings. The molecule has 1 aromatic carbocycles. The highest BCUT2D eigenvalue weighted by Crippen LogP contribution is 2.14. The molecule has 2 N–H and O–H groups in total. The van der Waals surface area contributed by atoms with Gasteiger partial charge in [-0.1, -0.05) is 12.1 Å². The first-order valence-corrected chi connectivity index (χ1v) is 8.25. The minimum atomic E-state index is -3.40. The molecule has 20 heavy (non-hydrogen) atoms. The van der Waals surface area contributed by atoms with Crippen molar-refractivity contribution in [2.45, 2.75) is 24.7 Å². The molecule has 0 unspecified atom stereocenters. The van der Waals surface area contributed by atoms with Crippen molar-refractivity contribution in [3.05, 3.63) is 29.8 Å². The van der Waals surface area contributed by atoms with Crippen LogP contribution in [0.2, 0.25) is 0 Å². The second kappa shape index (κ2) is 7.40. The number of hydrogen-bond acceptors (Lipinski definition) is 4. The summed E-state index contributed by atoms with van der Waals surface area (Å²) >= 11 is 0. The number of aryl methyl sites for hydroxylation is 1. The Bertz CT molecular complexity index is 555. The highest BCUT2D eigenvalue weighted by atomic mass is 32.2. The molecule has 0 spiro atoms. The summed E-state index contributed by atoms with van der Waals surface area (Å²) in [6.07, 6.45) is 0.713. The lowest BCUT2D eigenvalue weighted by molar-refractivity contribution is -0.129. The van der Waals surface area contributed by atoms with E-state index in [0.717, 1.165) is 5.56 Å². The number of carbonyl (C=O) groups is 1. The Morgan fingerprint density at radius 1 is 1.35 bits per heavy atom. The zero-order valence-electron chi connectivity index (χ0n) is 12.0. The summed E-state index contributed by atoms with van der Waals surface area (Å²) in [6.45, 7) is 2.91. The molecule has 5 nitrogen and oxygen atoms in total. The van der Waals surface area contributed by atoms with Gasteiger partial charge in [0.05, 0.1) is 10.6 Å². The number of amides is 1. The Morgan fingerprint density at radius 2 is 2.05 bits per heavy atom. The quantitative estimate of drug-likeness (QED) is 0.813. The van der Waals surface area contributed by atoms with Crippen molar-refractivity contribution in [2.75, 3.05) is 25.9 Å². The highest BCUT2D eigenvalue weighted by Gasteiger charge is 2.18. The van der Waals surface area contributed by atoms with Crippen LogP contribution in [0.1, 0.15) is 18.4 Å². The van der Waals surface area contributed by atoms with Crippen molar-refractivity contribution < 1.29 is 13.2 Å². The molecule has 0 radical (unpaired) electrons. The van der Waals surface area contributed by atoms with E-state index >= 15 is 0 Å². The van der Waals surface area contributed by atoms with E-state index in [1.165, 1.54) is 4.90 Å². The second-order valence-corrected chi connectivity index (χ2v) is 6.95. The molecular formula is C14H22N2O3S. The van der Waals surface area contributed by atoms with Gasteiger partial charge in [0.15, 0.2) is 9.84 Å². The third-order valence-corrected chi connectivity index (χ3v) is 4.77. The number of benzene rings is 1. The fourth-order valence-corrected chi connectivity index (χ4v) is 3.12. The lowest BCUT2D eigenvalue weighted by atomic mass is 10.2. The predicted octanol–water partition coefficient (Wildman–Crippen LogP) is 0.966. The maximum atomic E-state index is 12.1. The van der Waals surface area contributed by atoms with Crippen LogP contribution in [0.3, 0.4) is 0 Å². The van der Waals surface area contributed by atoms with Gasteiger partial charge in [-0.2, -0.15) is 0 Å². The van der Waals surface area contributed by atoms with E-state index in [1.807, 2.05) is 13.0 Å². The third kappa shape index (κ3) is 4.94. The van der Waals surface area contributed by atoms with Crippen LogP contribution in [-0.2, 0) is 14.6 Å². The molecule has 0 heterocycles. The van der Waals surface area contributed by atoms with Gasteiger partial charge in [-0.05, 0) is 37.6 Å². The topological polar surface area (TPSA) is 80.5 Å². The Kier molecular flexibility index (Phi) is 6.16. The van der Waals surface area contributed by atoms with E-state index in [0.29, 0.717) is 19.5 Å². The molecule has 112 valence electrons. The third-order valence-electron chi connectivity index (χ3n) is 3.06. The molecule has 0 aromatic heterocycles. The number of rotatable bonds is 7. The number of nitrogens with zero attached hydrogens (tertiary/aromatic N) is 1. The first-order valence-electron chi connectivity index (χ1n) is 6.60. The summed E-state index contributed by atoms with van der Waals surface area (Å²) < 4.78 is 24.3. The minimum Gasteiger partial charge on any atom is -0.346 e. The predicted molar refractivity (Wildman–Crippen MR) is 79.2 cm³/mol. The Labute approximate surface area is 120 Å². The van der Waals surface area contributed by atoms with E-state index < -0.39 is 9.84 Å². The number of nitrogens with two attached hydrogens (primary N) is 1. The Balaban J connectivity index is 2.62. The van der Waals surface area contributed by atoms with Gasteiger partial charge in [-0.25, -0.2) is 8.42 Å². The van der Waals surface area contributed by atoms with Gasteiger partial charge in [-0.15, -0.1) is 0 Å². The van der Waals surface area contributed by atoms with Crippen molar-refractivity contribution in [2.24, 2.45) is 5.73 Å². The largest absolute Gasteiger partial charge is 0.346 e. The smallest absolute Gasteiger partial charge is 0.223 e. The molecule has 6 heteroatoms. The second-order valence-electron chi connectivity index (χ2n) is 4.84. The van der Waals surface area contributed by atoms with Crippen molar-refractivity contribution >= 4 is 15.7 Å². The zero-order valence-corrected chi connectivity index (χ0v) is 12.8. The monoisotopic (exact) mass is 298 g/mol. The van der Waals surface area contributed by atoms with Gasteiger partial charge >= 0.3 is 0 Å². The van der Waals surface area contributed by atoms with Crippen LogP contribution in [0.4, 0.5) is 0 Å². The molecule has 0 aliphatic heterocycles. The molecule has 1 rings (SSSR count). The number of sulfone groups is 1. The van der Waals surface area contributed by atoms with E-state index in [-0.39, 0.29) is 23.0 Å². The van der Waals surface area contributed by atoms with Crippen molar-refractivity contribution in [3.8, 4) is 0 Å². The first kappa shape index (κ1) is 16.7. The summed E-state index contributed by atoms with van der Waals surface area (Å²) in [4.78, 5) is 13.6. The van der Waals surface area contributed by atoms with Crippen molar-refractivity contribution in [1.29, 1.82) is 0 Å². The summed E-state index contributed by atoms with van der Waals surface area (Å²) in [5, 5.41) is 0. The van der Waals surface area contributed by atoms with Crippen molar-refractivity contribution in [1.82, 2.24) is 4.90 Å². The first-order chi connectivity index (χ1) is 9.36. The van der Waals surface area contributed by atoms with Gasteiger partial charge in [0.25, 0.3) is 0 Å². The molecule has 0 atom stereocenters. The van der Waals surface area contributed by atoms with Crippen LogP contribution < -0.4 is 5.73 Å². The van der Waals surface area contributed by atoms with E-state index in [4.69, 9.17) is 5.73 Å². The maximum Gasteiger partial charge on any atom is 0.223 e. The number of carbonyl (C=O) groups excluding carboxylic acids is 1. The molecule has 0 bridgehead atoms. The molecule has 0 saturated carbocycles. The molecule has 1 amide bonds. The standard InChI is InChI=1S/C14H22N2O3S/c1-12-5-3-6-13(11-12)20(18,19)10-7-14(17)16(2)9-4-8-15/h3,5-6,11H,4,7-10,15H2,1-2H3. The van der Waals surface area contributed by atoms with E-state index in [9.17, 15) is 13.2 Å². The van der Waals surface area contributed by atoms with Gasteiger partial charge in [0.2, 0.25) is 5.91 Å². The average Bonchev–Trinajstić information content (AvgIpc) is 2.42. The van der Waals surface area contributed by atoms with E-state index in [2.05, 4.69) is 0 Å². The van der Waals surface area contributed by atoms with Crippen LogP contribution >= 0.6 is 0 Å². The van der Waals surface area contributed by atoms with Gasteiger partial charge in [-0.3, -0.25) is 4.79 Å². The fraction of sp³-hybridized carbons (Fsp3) is 0.500. The molecule has 0 aliphatic rings. The van der Waals surface area contributed by atoms with Gasteiger partial charge in [0, 0.05) is 20.0 Å². The zero-order chi connectivity index (χ0) is 15.2. The van der Waals surface area contributed by atoms with Gasteiger partial charge in [0.1, 0.15) is 0 Å². The summed E-state index contributed by atoms with van der Waals surface area (Å²) in [5.74, 6) is -0.336. The van der Waals surface area contributed by atoms with Crippen molar-refractivity contribution in [3.63, 3.8) is 0 Å². The van der Waals surface area contributed by atoms with Crippen LogP contribution in [0.25, 0.3) is 0 Å². The highest BCUT2D eigenvalue weighted by molar-refractivity contribution is 7.91. The van der Waals surface area contributed by atoms with Crippen LogP contribution in [0, 0.1) is 6.92 Å². The van der Waals surface area contributed by atoms with Gasteiger partial charge < -0.3 is 10.6 Å². The molecule has 0 aliphatic carbocycles. The SMILES string of the molecule is Cc1cccc(S(=O)(=O)CCC(=O)N(C)CCCN)c1.